The Hall–Kier alpha value is -0.870. The number of halogens is 1. The third kappa shape index (κ3) is 4.13. The van der Waals surface area contributed by atoms with Gasteiger partial charge < -0.3 is 10.4 Å². The van der Waals surface area contributed by atoms with E-state index in [4.69, 9.17) is 0 Å². The summed E-state index contributed by atoms with van der Waals surface area (Å²) in [5.74, 6) is -0.811. The van der Waals surface area contributed by atoms with E-state index in [2.05, 4.69) is 21.2 Å². The molecule has 0 aliphatic carbocycles. The summed E-state index contributed by atoms with van der Waals surface area (Å²) in [6.07, 6.45) is 1.40. The molecule has 3 nitrogen and oxygen atoms in total. The molecule has 1 atom stereocenters. The number of benzene rings is 1. The maximum absolute atomic E-state index is 11.3. The van der Waals surface area contributed by atoms with Crippen LogP contribution in [-0.4, -0.2) is 23.2 Å². The first-order valence-electron chi connectivity index (χ1n) is 5.71. The Morgan fingerprint density at radius 1 is 1.41 bits per heavy atom. The molecule has 0 aromatic heterocycles. The van der Waals surface area contributed by atoms with Crippen LogP contribution < -0.4 is 5.32 Å². The van der Waals surface area contributed by atoms with Gasteiger partial charge in [0.15, 0.2) is 0 Å². The molecule has 0 spiro atoms. The molecule has 0 amide bonds. The number of hydrogen-bond acceptors (Lipinski definition) is 2. The first-order valence-corrected chi connectivity index (χ1v) is 6.50. The lowest BCUT2D eigenvalue weighted by Gasteiger charge is -2.26. The Bertz CT molecular complexity index is 378. The number of carboxylic acids is 1. The molecule has 17 heavy (non-hydrogen) atoms. The summed E-state index contributed by atoms with van der Waals surface area (Å²) in [6, 6.07) is 7.74. The lowest BCUT2D eigenvalue weighted by Crippen LogP contribution is -2.51. The predicted octanol–water partition coefficient (Wildman–Crippen LogP) is 2.83. The Morgan fingerprint density at radius 3 is 2.47 bits per heavy atom. The smallest absolute Gasteiger partial charge is 0.323 e. The lowest BCUT2D eigenvalue weighted by atomic mass is 9.93. The molecule has 1 unspecified atom stereocenters. The topological polar surface area (TPSA) is 49.3 Å². The highest BCUT2D eigenvalue weighted by atomic mass is 79.9. The van der Waals surface area contributed by atoms with Crippen molar-refractivity contribution in [3.63, 3.8) is 0 Å². The minimum Gasteiger partial charge on any atom is -0.480 e. The van der Waals surface area contributed by atoms with Crippen LogP contribution in [-0.2, 0) is 11.2 Å². The van der Waals surface area contributed by atoms with Gasteiger partial charge in [0.2, 0.25) is 0 Å². The highest BCUT2D eigenvalue weighted by Crippen LogP contribution is 2.17. The maximum atomic E-state index is 11.3. The van der Waals surface area contributed by atoms with Crippen LogP contribution in [0.4, 0.5) is 0 Å². The Balaban J connectivity index is 2.79. The summed E-state index contributed by atoms with van der Waals surface area (Å²) in [5, 5.41) is 12.4. The standard InChI is InChI=1S/C13H18BrNO2/c1-3-8-15-13(2,12(16)17)9-10-4-6-11(14)7-5-10/h4-7,15H,3,8-9H2,1-2H3,(H,16,17). The molecule has 1 rings (SSSR count). The van der Waals surface area contributed by atoms with Crippen LogP contribution in [0.3, 0.4) is 0 Å². The van der Waals surface area contributed by atoms with Crippen molar-refractivity contribution in [2.45, 2.75) is 32.2 Å². The molecule has 1 aromatic rings. The first kappa shape index (κ1) is 14.2. The van der Waals surface area contributed by atoms with Crippen molar-refractivity contribution in [3.8, 4) is 0 Å². The molecule has 2 N–H and O–H groups in total. The van der Waals surface area contributed by atoms with Crippen LogP contribution in [0, 0.1) is 0 Å². The quantitative estimate of drug-likeness (QED) is 0.849. The van der Waals surface area contributed by atoms with Crippen LogP contribution in [0.25, 0.3) is 0 Å². The number of aliphatic carboxylic acids is 1. The van der Waals surface area contributed by atoms with Crippen molar-refractivity contribution < 1.29 is 9.90 Å². The normalized spacial score (nSPS) is 14.3. The molecular weight excluding hydrogens is 282 g/mol. The van der Waals surface area contributed by atoms with Crippen LogP contribution in [0.5, 0.6) is 0 Å². The summed E-state index contributed by atoms with van der Waals surface area (Å²) in [7, 11) is 0. The van der Waals surface area contributed by atoms with Crippen molar-refractivity contribution in [1.29, 1.82) is 0 Å². The zero-order valence-corrected chi connectivity index (χ0v) is 11.8. The average molecular weight is 300 g/mol. The van der Waals surface area contributed by atoms with Gasteiger partial charge in [-0.2, -0.15) is 0 Å². The van der Waals surface area contributed by atoms with Crippen molar-refractivity contribution in [1.82, 2.24) is 5.32 Å². The van der Waals surface area contributed by atoms with E-state index in [1.54, 1.807) is 6.92 Å². The summed E-state index contributed by atoms with van der Waals surface area (Å²) in [4.78, 5) is 11.3. The molecule has 0 saturated carbocycles. The summed E-state index contributed by atoms with van der Waals surface area (Å²) in [5.41, 5.74) is 0.116. The van der Waals surface area contributed by atoms with Gasteiger partial charge in [-0.05, 0) is 37.6 Å². The predicted molar refractivity (Wildman–Crippen MR) is 72.2 cm³/mol. The van der Waals surface area contributed by atoms with E-state index < -0.39 is 11.5 Å². The van der Waals surface area contributed by atoms with Gasteiger partial charge in [-0.25, -0.2) is 0 Å². The molecule has 94 valence electrons. The third-order valence-electron chi connectivity index (χ3n) is 2.71. The molecule has 0 fully saturated rings. The molecule has 0 radical (unpaired) electrons. The van der Waals surface area contributed by atoms with Crippen molar-refractivity contribution in [2.24, 2.45) is 0 Å². The van der Waals surface area contributed by atoms with E-state index in [0.29, 0.717) is 13.0 Å². The molecule has 1 aromatic carbocycles. The van der Waals surface area contributed by atoms with Crippen molar-refractivity contribution in [3.05, 3.63) is 34.3 Å². The summed E-state index contributed by atoms with van der Waals surface area (Å²) < 4.78 is 1.000. The second kappa shape index (κ2) is 6.17. The Labute approximate surface area is 110 Å². The largest absolute Gasteiger partial charge is 0.480 e. The Morgan fingerprint density at radius 2 is 2.00 bits per heavy atom. The summed E-state index contributed by atoms with van der Waals surface area (Å²) >= 11 is 3.36. The van der Waals surface area contributed by atoms with Gasteiger partial charge in [0.05, 0.1) is 0 Å². The fraction of sp³-hybridized carbons (Fsp3) is 0.462. The van der Waals surface area contributed by atoms with Crippen LogP contribution in [0.2, 0.25) is 0 Å². The minimum absolute atomic E-state index is 0.482. The zero-order chi connectivity index (χ0) is 12.9. The van der Waals surface area contributed by atoms with E-state index in [-0.39, 0.29) is 0 Å². The molecule has 0 bridgehead atoms. The van der Waals surface area contributed by atoms with E-state index in [1.165, 1.54) is 0 Å². The number of nitrogens with one attached hydrogen (secondary N) is 1. The van der Waals surface area contributed by atoms with E-state index in [1.807, 2.05) is 31.2 Å². The van der Waals surface area contributed by atoms with Gasteiger partial charge in [0.1, 0.15) is 5.54 Å². The van der Waals surface area contributed by atoms with E-state index in [9.17, 15) is 9.90 Å². The van der Waals surface area contributed by atoms with Gasteiger partial charge in [0.25, 0.3) is 0 Å². The maximum Gasteiger partial charge on any atom is 0.323 e. The molecule has 0 heterocycles. The second-order valence-electron chi connectivity index (χ2n) is 4.37. The van der Waals surface area contributed by atoms with Crippen LogP contribution >= 0.6 is 15.9 Å². The number of hydrogen-bond donors (Lipinski definition) is 2. The fourth-order valence-electron chi connectivity index (χ4n) is 1.63. The highest BCUT2D eigenvalue weighted by Gasteiger charge is 2.32. The van der Waals surface area contributed by atoms with Gasteiger partial charge >= 0.3 is 5.97 Å². The van der Waals surface area contributed by atoms with E-state index >= 15 is 0 Å². The number of rotatable bonds is 6. The molecule has 0 aliphatic heterocycles. The monoisotopic (exact) mass is 299 g/mol. The molecule has 0 aliphatic rings. The van der Waals surface area contributed by atoms with Crippen molar-refractivity contribution in [2.75, 3.05) is 6.54 Å². The van der Waals surface area contributed by atoms with Gasteiger partial charge in [-0.15, -0.1) is 0 Å². The van der Waals surface area contributed by atoms with Crippen molar-refractivity contribution >= 4 is 21.9 Å². The lowest BCUT2D eigenvalue weighted by molar-refractivity contribution is -0.144. The Kier molecular flexibility index (Phi) is 5.15. The average Bonchev–Trinajstić information content (AvgIpc) is 2.29. The number of carboxylic acid groups (broad SMARTS) is 1. The SMILES string of the molecule is CCCNC(C)(Cc1ccc(Br)cc1)C(=O)O. The first-order chi connectivity index (χ1) is 7.98. The minimum atomic E-state index is -0.899. The van der Waals surface area contributed by atoms with Crippen LogP contribution in [0.1, 0.15) is 25.8 Å². The fourth-order valence-corrected chi connectivity index (χ4v) is 1.89. The van der Waals surface area contributed by atoms with E-state index in [0.717, 1.165) is 16.5 Å². The van der Waals surface area contributed by atoms with Gasteiger partial charge in [-0.1, -0.05) is 35.0 Å². The second-order valence-corrected chi connectivity index (χ2v) is 5.28. The van der Waals surface area contributed by atoms with Gasteiger partial charge in [0, 0.05) is 10.9 Å². The van der Waals surface area contributed by atoms with Crippen LogP contribution in [0.15, 0.2) is 28.7 Å². The molecule has 0 saturated heterocycles. The molecular formula is C13H18BrNO2. The zero-order valence-electron chi connectivity index (χ0n) is 10.2. The summed E-state index contributed by atoms with van der Waals surface area (Å²) in [6.45, 7) is 4.46. The molecule has 4 heteroatoms. The third-order valence-corrected chi connectivity index (χ3v) is 3.24. The highest BCUT2D eigenvalue weighted by molar-refractivity contribution is 9.10. The van der Waals surface area contributed by atoms with Gasteiger partial charge in [-0.3, -0.25) is 4.79 Å². The number of carbonyl (C=O) groups is 1.